The van der Waals surface area contributed by atoms with Crippen LogP contribution in [0, 0.1) is 17.5 Å². The van der Waals surface area contributed by atoms with Gasteiger partial charge in [0.25, 0.3) is 15.9 Å². The molecule has 1 N–H and O–H groups in total. The predicted molar refractivity (Wildman–Crippen MR) is 115 cm³/mol. The smallest absolute Gasteiger partial charge is 0.322 e. The summed E-state index contributed by atoms with van der Waals surface area (Å²) in [6.07, 6.45) is -4.12. The van der Waals surface area contributed by atoms with Gasteiger partial charge in [0, 0.05) is 12.2 Å². The summed E-state index contributed by atoms with van der Waals surface area (Å²) >= 11 is 0. The van der Waals surface area contributed by atoms with Crippen LogP contribution in [0.3, 0.4) is 0 Å². The highest BCUT2D eigenvalue weighted by atomic mass is 32.2. The lowest BCUT2D eigenvalue weighted by molar-refractivity contribution is -0.138. The minimum atomic E-state index is -4.99. The van der Waals surface area contributed by atoms with E-state index in [1.165, 1.54) is 18.2 Å². The molecule has 35 heavy (non-hydrogen) atoms. The summed E-state index contributed by atoms with van der Waals surface area (Å²) in [6, 6.07) is 8.28. The fourth-order valence-electron chi connectivity index (χ4n) is 3.82. The molecule has 1 aliphatic rings. The topological polar surface area (TPSA) is 66.5 Å². The van der Waals surface area contributed by atoms with Crippen LogP contribution in [0.4, 0.5) is 37.7 Å². The van der Waals surface area contributed by atoms with Crippen molar-refractivity contribution >= 4 is 27.3 Å². The van der Waals surface area contributed by atoms with Crippen molar-refractivity contribution in [3.63, 3.8) is 0 Å². The molecule has 0 saturated heterocycles. The number of alkyl halides is 3. The number of sulfonamides is 1. The van der Waals surface area contributed by atoms with Gasteiger partial charge >= 0.3 is 6.18 Å². The van der Waals surface area contributed by atoms with Gasteiger partial charge in [-0.3, -0.25) is 9.10 Å². The number of halogens is 6. The van der Waals surface area contributed by atoms with Crippen LogP contribution in [0.1, 0.15) is 27.9 Å². The van der Waals surface area contributed by atoms with Crippen LogP contribution in [-0.2, 0) is 22.6 Å². The number of aryl methyl sites for hydroxylation is 1. The second-order valence-electron chi connectivity index (χ2n) is 7.71. The number of anilines is 2. The van der Waals surface area contributed by atoms with Crippen molar-refractivity contribution in [1.29, 1.82) is 0 Å². The van der Waals surface area contributed by atoms with E-state index in [0.29, 0.717) is 42.7 Å². The monoisotopic (exact) mass is 514 g/mol. The van der Waals surface area contributed by atoms with Gasteiger partial charge in [0.05, 0.1) is 21.7 Å². The zero-order valence-electron chi connectivity index (χ0n) is 17.7. The van der Waals surface area contributed by atoms with E-state index in [2.05, 4.69) is 5.32 Å². The first kappa shape index (κ1) is 24.6. The number of hydrogen-bond acceptors (Lipinski definition) is 3. The number of carbonyl (C=O) groups excluding carboxylic acids is 1. The summed E-state index contributed by atoms with van der Waals surface area (Å²) in [5, 5.41) is 2.18. The van der Waals surface area contributed by atoms with Gasteiger partial charge in [-0.25, -0.2) is 21.6 Å². The molecule has 0 aromatic heterocycles. The minimum absolute atomic E-state index is 0.0166. The van der Waals surface area contributed by atoms with Crippen molar-refractivity contribution in [2.75, 3.05) is 16.2 Å². The lowest BCUT2D eigenvalue weighted by atomic mass is 10.0. The zero-order valence-corrected chi connectivity index (χ0v) is 18.5. The van der Waals surface area contributed by atoms with Gasteiger partial charge in [0.1, 0.15) is 5.82 Å². The molecule has 12 heteroatoms. The summed E-state index contributed by atoms with van der Waals surface area (Å²) < 4.78 is 108. The summed E-state index contributed by atoms with van der Waals surface area (Å²) in [7, 11) is -4.34. The van der Waals surface area contributed by atoms with Gasteiger partial charge in [0.2, 0.25) is 0 Å². The molecule has 0 fully saturated rings. The van der Waals surface area contributed by atoms with Crippen molar-refractivity contribution in [1.82, 2.24) is 0 Å². The molecular formula is C23H16F6N2O3S. The Morgan fingerprint density at radius 2 is 1.66 bits per heavy atom. The van der Waals surface area contributed by atoms with Crippen LogP contribution in [-0.4, -0.2) is 20.9 Å². The lowest BCUT2D eigenvalue weighted by Crippen LogP contribution is -2.35. The first-order valence-corrected chi connectivity index (χ1v) is 11.6. The van der Waals surface area contributed by atoms with E-state index < -0.39 is 55.6 Å². The Morgan fingerprint density at radius 3 is 2.34 bits per heavy atom. The van der Waals surface area contributed by atoms with E-state index in [9.17, 15) is 39.6 Å². The third-order valence-corrected chi connectivity index (χ3v) is 7.25. The molecular weight excluding hydrogens is 498 g/mol. The van der Waals surface area contributed by atoms with Crippen LogP contribution < -0.4 is 9.62 Å². The largest absolute Gasteiger partial charge is 0.417 e. The van der Waals surface area contributed by atoms with Crippen LogP contribution >= 0.6 is 0 Å². The van der Waals surface area contributed by atoms with Crippen LogP contribution in [0.5, 0.6) is 0 Å². The number of benzene rings is 3. The van der Waals surface area contributed by atoms with E-state index in [-0.39, 0.29) is 17.9 Å². The summed E-state index contributed by atoms with van der Waals surface area (Å²) in [5.41, 5.74) is -2.11. The molecule has 4 rings (SSSR count). The molecule has 0 bridgehead atoms. The first-order chi connectivity index (χ1) is 16.4. The summed E-state index contributed by atoms with van der Waals surface area (Å²) in [6.45, 7) is -0.0166. The molecule has 1 heterocycles. The maximum Gasteiger partial charge on any atom is 0.417 e. The van der Waals surface area contributed by atoms with Gasteiger partial charge in [0.15, 0.2) is 11.6 Å². The van der Waals surface area contributed by atoms with Crippen LogP contribution in [0.25, 0.3) is 0 Å². The van der Waals surface area contributed by atoms with Crippen molar-refractivity contribution in [2.24, 2.45) is 0 Å². The second kappa shape index (κ2) is 8.91. The Balaban J connectivity index is 1.70. The molecule has 1 amide bonds. The molecule has 0 saturated carbocycles. The minimum Gasteiger partial charge on any atom is -0.322 e. The molecule has 3 aromatic carbocycles. The molecule has 0 unspecified atom stereocenters. The van der Waals surface area contributed by atoms with Gasteiger partial charge in [-0.2, -0.15) is 13.2 Å². The van der Waals surface area contributed by atoms with E-state index in [4.69, 9.17) is 0 Å². The Hall–Kier alpha value is -3.54. The summed E-state index contributed by atoms with van der Waals surface area (Å²) in [5.74, 6) is -5.33. The number of fused-ring (bicyclic) bond motifs is 1. The molecule has 0 atom stereocenters. The van der Waals surface area contributed by atoms with Gasteiger partial charge in [-0.05, 0) is 60.9 Å². The number of amides is 1. The van der Waals surface area contributed by atoms with Gasteiger partial charge < -0.3 is 5.32 Å². The van der Waals surface area contributed by atoms with Crippen LogP contribution in [0.2, 0.25) is 0 Å². The van der Waals surface area contributed by atoms with E-state index in [1.54, 1.807) is 0 Å². The molecule has 0 aliphatic carbocycles. The van der Waals surface area contributed by atoms with Gasteiger partial charge in [-0.15, -0.1) is 0 Å². The number of hydrogen-bond donors (Lipinski definition) is 1. The van der Waals surface area contributed by atoms with Crippen molar-refractivity contribution in [3.05, 3.63) is 88.7 Å². The Kier molecular flexibility index (Phi) is 6.26. The predicted octanol–water partition coefficient (Wildman–Crippen LogP) is 5.52. The maximum atomic E-state index is 14.2. The number of rotatable bonds is 4. The molecule has 5 nitrogen and oxygen atoms in total. The average molecular weight is 514 g/mol. The van der Waals surface area contributed by atoms with E-state index in [0.717, 1.165) is 16.4 Å². The third kappa shape index (κ3) is 4.70. The molecule has 0 radical (unpaired) electrons. The van der Waals surface area contributed by atoms with Crippen molar-refractivity contribution in [3.8, 4) is 0 Å². The third-order valence-electron chi connectivity index (χ3n) is 5.44. The SMILES string of the molecule is O=C(Nc1ccc2c(c1)N(S(=O)(=O)c1ccc(F)c(F)c1)CCC2)c1c(F)cccc1C(F)(F)F. The van der Waals surface area contributed by atoms with E-state index in [1.807, 2.05) is 0 Å². The zero-order chi connectivity index (χ0) is 25.5. The highest BCUT2D eigenvalue weighted by Gasteiger charge is 2.37. The molecule has 1 aliphatic heterocycles. The second-order valence-corrected chi connectivity index (χ2v) is 9.58. The maximum absolute atomic E-state index is 14.2. The number of nitrogens with one attached hydrogen (secondary N) is 1. The Bertz CT molecular complexity index is 1420. The highest BCUT2D eigenvalue weighted by Crippen LogP contribution is 2.36. The molecule has 0 spiro atoms. The van der Waals surface area contributed by atoms with Crippen LogP contribution in [0.15, 0.2) is 59.5 Å². The normalized spacial score (nSPS) is 13.9. The van der Waals surface area contributed by atoms with Gasteiger partial charge in [-0.1, -0.05) is 12.1 Å². The lowest BCUT2D eigenvalue weighted by Gasteiger charge is -2.31. The van der Waals surface area contributed by atoms with Crippen molar-refractivity contribution in [2.45, 2.75) is 23.9 Å². The fraction of sp³-hybridized carbons (Fsp3) is 0.174. The van der Waals surface area contributed by atoms with E-state index >= 15 is 0 Å². The Morgan fingerprint density at radius 1 is 0.914 bits per heavy atom. The average Bonchev–Trinajstić information content (AvgIpc) is 2.79. The molecule has 3 aromatic rings. The fourth-order valence-corrected chi connectivity index (χ4v) is 5.36. The number of nitrogens with zero attached hydrogens (tertiary/aromatic N) is 1. The summed E-state index contributed by atoms with van der Waals surface area (Å²) in [4.78, 5) is 12.1. The number of carbonyl (C=O) groups is 1. The quantitative estimate of drug-likeness (QED) is 0.467. The molecule has 184 valence electrons. The highest BCUT2D eigenvalue weighted by molar-refractivity contribution is 7.92. The Labute approximate surface area is 196 Å². The first-order valence-electron chi connectivity index (χ1n) is 10.2. The van der Waals surface area contributed by atoms with Crippen molar-refractivity contribution < 1.29 is 39.6 Å². The standard InChI is InChI=1S/C23H16F6N2O3S/c24-17-9-8-15(12-19(17)26)35(33,34)31-10-2-3-13-6-7-14(11-20(13)31)30-22(32)21-16(23(27,28)29)4-1-5-18(21)25/h1,4-9,11-12H,2-3,10H2,(H,30,32).